The van der Waals surface area contributed by atoms with Gasteiger partial charge in [-0.15, -0.1) is 0 Å². The summed E-state index contributed by atoms with van der Waals surface area (Å²) in [6.45, 7) is 0.780. The van der Waals surface area contributed by atoms with Gasteiger partial charge in [0, 0.05) is 32.4 Å². The van der Waals surface area contributed by atoms with Crippen LogP contribution >= 0.6 is 0 Å². The number of nitrogens with zero attached hydrogens (tertiary/aromatic N) is 4. The number of piperazine rings is 1. The van der Waals surface area contributed by atoms with Gasteiger partial charge >= 0.3 is 0 Å². The molecule has 27 heavy (non-hydrogen) atoms. The second-order valence-electron chi connectivity index (χ2n) is 5.86. The molecule has 0 spiro atoms. The van der Waals surface area contributed by atoms with E-state index in [2.05, 4.69) is 4.98 Å². The Morgan fingerprint density at radius 1 is 1.15 bits per heavy atom. The topological polar surface area (TPSA) is 104 Å². The van der Waals surface area contributed by atoms with Crippen molar-refractivity contribution in [2.24, 2.45) is 0 Å². The molecule has 0 N–H and O–H groups in total. The lowest BCUT2D eigenvalue weighted by atomic mass is 10.2. The van der Waals surface area contributed by atoms with Crippen molar-refractivity contribution in [3.8, 4) is 11.9 Å². The number of pyridine rings is 1. The molecule has 0 aliphatic carbocycles. The summed E-state index contributed by atoms with van der Waals surface area (Å²) in [5, 5.41) is 9.17. The zero-order chi connectivity index (χ0) is 19.4. The Morgan fingerprint density at radius 2 is 1.85 bits per heavy atom. The lowest BCUT2D eigenvalue weighted by Crippen LogP contribution is -2.50. The van der Waals surface area contributed by atoms with Crippen LogP contribution in [0.1, 0.15) is 15.9 Å². The zero-order valence-corrected chi connectivity index (χ0v) is 15.5. The molecule has 8 nitrogen and oxygen atoms in total. The Balaban J connectivity index is 1.75. The Kier molecular flexibility index (Phi) is 5.39. The molecular weight excluding hydrogens is 368 g/mol. The number of benzene rings is 1. The first-order chi connectivity index (χ1) is 13.0. The monoisotopic (exact) mass is 386 g/mol. The largest absolute Gasteiger partial charge is 0.480 e. The van der Waals surface area contributed by atoms with Crippen LogP contribution in [0, 0.1) is 11.3 Å². The third-order valence-electron chi connectivity index (χ3n) is 4.35. The van der Waals surface area contributed by atoms with Crippen LogP contribution in [0.15, 0.2) is 47.5 Å². The highest BCUT2D eigenvalue weighted by molar-refractivity contribution is 7.89. The molecule has 0 bridgehead atoms. The minimum absolute atomic E-state index is 0.0128. The smallest absolute Gasteiger partial charge is 0.259 e. The number of nitriles is 1. The summed E-state index contributed by atoms with van der Waals surface area (Å²) in [6, 6.07) is 11.3. The van der Waals surface area contributed by atoms with Crippen LogP contribution in [0.4, 0.5) is 0 Å². The van der Waals surface area contributed by atoms with E-state index in [1.165, 1.54) is 29.7 Å². The number of carbonyl (C=O) groups is 1. The van der Waals surface area contributed by atoms with Gasteiger partial charge in [-0.25, -0.2) is 13.4 Å². The van der Waals surface area contributed by atoms with E-state index >= 15 is 0 Å². The molecule has 1 aliphatic heterocycles. The maximum absolute atomic E-state index is 12.9. The molecule has 1 aliphatic rings. The zero-order valence-electron chi connectivity index (χ0n) is 14.7. The molecule has 9 heteroatoms. The van der Waals surface area contributed by atoms with Gasteiger partial charge in [-0.05, 0) is 24.3 Å². The summed E-state index contributed by atoms with van der Waals surface area (Å²) < 4.78 is 32.1. The fraction of sp³-hybridized carbons (Fsp3) is 0.278. The third kappa shape index (κ3) is 3.63. The van der Waals surface area contributed by atoms with Crippen LogP contribution in [-0.2, 0) is 10.0 Å². The van der Waals surface area contributed by atoms with E-state index in [1.807, 2.05) is 6.07 Å². The van der Waals surface area contributed by atoms with Gasteiger partial charge in [0.1, 0.15) is 11.6 Å². The molecule has 3 rings (SSSR count). The lowest BCUT2D eigenvalue weighted by Gasteiger charge is -2.34. The molecule has 2 aromatic rings. The summed E-state index contributed by atoms with van der Waals surface area (Å²) in [5.41, 5.74) is 0.447. The molecule has 2 heterocycles. The number of sulfonamides is 1. The Labute approximate surface area is 157 Å². The fourth-order valence-corrected chi connectivity index (χ4v) is 4.51. The van der Waals surface area contributed by atoms with Crippen molar-refractivity contribution in [3.63, 3.8) is 0 Å². The summed E-state index contributed by atoms with van der Waals surface area (Å²) in [5.74, 6) is -0.0186. The first-order valence-electron chi connectivity index (χ1n) is 8.26. The average Bonchev–Trinajstić information content (AvgIpc) is 2.73. The van der Waals surface area contributed by atoms with Gasteiger partial charge in [0.15, 0.2) is 0 Å². The number of ether oxygens (including phenoxy) is 1. The molecule has 1 aromatic heterocycles. The fourth-order valence-electron chi connectivity index (χ4n) is 2.94. The highest BCUT2D eigenvalue weighted by Gasteiger charge is 2.32. The van der Waals surface area contributed by atoms with Crippen molar-refractivity contribution in [1.82, 2.24) is 14.2 Å². The van der Waals surface area contributed by atoms with E-state index in [0.29, 0.717) is 5.56 Å². The summed E-state index contributed by atoms with van der Waals surface area (Å²) in [7, 11) is -2.35. The molecule has 0 atom stereocenters. The molecule has 1 aromatic carbocycles. The highest BCUT2D eigenvalue weighted by Crippen LogP contribution is 2.22. The molecule has 1 amide bonds. The van der Waals surface area contributed by atoms with Gasteiger partial charge in [0.25, 0.3) is 5.91 Å². The third-order valence-corrected chi connectivity index (χ3v) is 6.30. The number of hydrogen-bond acceptors (Lipinski definition) is 6. The maximum Gasteiger partial charge on any atom is 0.259 e. The van der Waals surface area contributed by atoms with Gasteiger partial charge in [-0.3, -0.25) is 4.79 Å². The van der Waals surface area contributed by atoms with Crippen molar-refractivity contribution < 1.29 is 17.9 Å². The Bertz CT molecular complexity index is 992. The lowest BCUT2D eigenvalue weighted by molar-refractivity contribution is 0.0693. The molecular formula is C18H18N4O4S. The van der Waals surface area contributed by atoms with E-state index in [-0.39, 0.29) is 48.4 Å². The first kappa shape index (κ1) is 18.8. The normalized spacial score (nSPS) is 15.2. The minimum atomic E-state index is -3.80. The van der Waals surface area contributed by atoms with Crippen molar-refractivity contribution in [2.45, 2.75) is 4.90 Å². The second-order valence-corrected chi connectivity index (χ2v) is 7.77. The molecule has 0 radical (unpaired) electrons. The van der Waals surface area contributed by atoms with Crippen molar-refractivity contribution in [1.29, 1.82) is 5.26 Å². The quantitative estimate of drug-likeness (QED) is 0.780. The number of amides is 1. The number of rotatable bonds is 4. The van der Waals surface area contributed by atoms with Crippen molar-refractivity contribution >= 4 is 15.9 Å². The van der Waals surface area contributed by atoms with E-state index in [4.69, 9.17) is 10.00 Å². The summed E-state index contributed by atoms with van der Waals surface area (Å²) in [4.78, 5) is 18.3. The van der Waals surface area contributed by atoms with E-state index in [1.54, 1.807) is 29.2 Å². The van der Waals surface area contributed by atoms with E-state index < -0.39 is 10.0 Å². The Hall–Kier alpha value is -2.96. The molecule has 140 valence electrons. The van der Waals surface area contributed by atoms with Gasteiger partial charge < -0.3 is 9.64 Å². The molecule has 1 saturated heterocycles. The molecule has 1 fully saturated rings. The minimum Gasteiger partial charge on any atom is -0.480 e. The maximum atomic E-state index is 12.9. The highest BCUT2D eigenvalue weighted by atomic mass is 32.2. The van der Waals surface area contributed by atoms with Crippen molar-refractivity contribution in [3.05, 3.63) is 53.7 Å². The summed E-state index contributed by atoms with van der Waals surface area (Å²) in [6.07, 6.45) is 1.53. The van der Waals surface area contributed by atoms with Crippen LogP contribution in [0.2, 0.25) is 0 Å². The van der Waals surface area contributed by atoms with Gasteiger partial charge in [-0.1, -0.05) is 12.1 Å². The predicted octanol–water partition coefficient (Wildman–Crippen LogP) is 1.11. The predicted molar refractivity (Wildman–Crippen MR) is 96.6 cm³/mol. The van der Waals surface area contributed by atoms with Crippen LogP contribution < -0.4 is 4.74 Å². The number of methoxy groups -OCH3 is 1. The van der Waals surface area contributed by atoms with Crippen LogP contribution in [0.25, 0.3) is 0 Å². The SMILES string of the molecule is COc1ncccc1C(=O)N1CCN(S(=O)(=O)c2ccccc2C#N)CC1. The van der Waals surface area contributed by atoms with Crippen LogP contribution in [0.3, 0.4) is 0 Å². The second kappa shape index (κ2) is 7.73. The number of hydrogen-bond donors (Lipinski definition) is 0. The number of aromatic nitrogens is 1. The van der Waals surface area contributed by atoms with Crippen LogP contribution in [-0.4, -0.2) is 61.8 Å². The molecule has 0 unspecified atom stereocenters. The van der Waals surface area contributed by atoms with Crippen LogP contribution in [0.5, 0.6) is 5.88 Å². The van der Waals surface area contributed by atoms with E-state index in [0.717, 1.165) is 0 Å². The van der Waals surface area contributed by atoms with Gasteiger partial charge in [-0.2, -0.15) is 9.57 Å². The van der Waals surface area contributed by atoms with E-state index in [9.17, 15) is 13.2 Å². The number of carbonyl (C=O) groups excluding carboxylic acids is 1. The van der Waals surface area contributed by atoms with Gasteiger partial charge in [0.2, 0.25) is 15.9 Å². The summed E-state index contributed by atoms with van der Waals surface area (Å²) >= 11 is 0. The van der Waals surface area contributed by atoms with Crippen molar-refractivity contribution in [2.75, 3.05) is 33.3 Å². The standard InChI is InChI=1S/C18H18N4O4S/c1-26-17-15(6-4-8-20-17)18(23)21-9-11-22(12-10-21)27(24,25)16-7-3-2-5-14(16)13-19/h2-8H,9-12H2,1H3. The molecule has 0 saturated carbocycles. The first-order valence-corrected chi connectivity index (χ1v) is 9.70. The average molecular weight is 386 g/mol. The Morgan fingerprint density at radius 3 is 2.52 bits per heavy atom. The van der Waals surface area contributed by atoms with Gasteiger partial charge in [0.05, 0.1) is 17.6 Å².